The molecule has 1 heterocycles. The van der Waals surface area contributed by atoms with Crippen molar-refractivity contribution in [2.45, 2.75) is 13.8 Å². The maximum atomic E-state index is 10.7. The number of hydrogen-bond donors (Lipinski definition) is 1. The van der Waals surface area contributed by atoms with Crippen LogP contribution < -0.4 is 4.90 Å². The monoisotopic (exact) mass is 251 g/mol. The van der Waals surface area contributed by atoms with Crippen molar-refractivity contribution >= 4 is 28.5 Å². The lowest BCUT2D eigenvalue weighted by Crippen LogP contribution is -2.21. The first-order valence-corrected chi connectivity index (χ1v) is 5.99. The largest absolute Gasteiger partial charge is 0.477 e. The van der Waals surface area contributed by atoms with Crippen LogP contribution >= 0.6 is 11.3 Å². The van der Waals surface area contributed by atoms with Gasteiger partial charge < -0.3 is 10.0 Å². The Kier molecular flexibility index (Phi) is 4.67. The molecule has 0 unspecified atom stereocenters. The van der Waals surface area contributed by atoms with Crippen LogP contribution in [-0.2, 0) is 4.79 Å². The Morgan fingerprint density at radius 1 is 1.65 bits per heavy atom. The summed E-state index contributed by atoms with van der Waals surface area (Å²) in [6.07, 6.45) is 2.92. The normalized spacial score (nSPS) is 11.0. The second-order valence-electron chi connectivity index (χ2n) is 3.19. The lowest BCUT2D eigenvalue weighted by molar-refractivity contribution is -0.132. The first-order chi connectivity index (χ1) is 8.12. The predicted molar refractivity (Wildman–Crippen MR) is 66.9 cm³/mol. The number of aliphatic carboxylic acids is 1. The number of hydrogen-bond acceptors (Lipinski definition) is 5. The zero-order valence-electron chi connectivity index (χ0n) is 9.67. The Hall–Kier alpha value is -1.87. The molecule has 0 aliphatic heterocycles. The topological polar surface area (TPSA) is 77.2 Å². The molecule has 1 aromatic heterocycles. The van der Waals surface area contributed by atoms with Crippen molar-refractivity contribution in [2.24, 2.45) is 0 Å². The highest BCUT2D eigenvalue weighted by Gasteiger charge is 2.10. The molecule has 0 aliphatic carbocycles. The second-order valence-corrected chi connectivity index (χ2v) is 4.23. The lowest BCUT2D eigenvalue weighted by Gasteiger charge is -2.16. The number of nitrogens with zero attached hydrogens (tertiary/aromatic N) is 3. The number of aromatic nitrogens is 1. The summed E-state index contributed by atoms with van der Waals surface area (Å²) in [6, 6.07) is 1.64. The summed E-state index contributed by atoms with van der Waals surface area (Å²) in [4.78, 5) is 17.6. The zero-order valence-corrected chi connectivity index (χ0v) is 10.5. The van der Waals surface area contributed by atoms with E-state index in [0.717, 1.165) is 18.2 Å². The molecule has 90 valence electrons. The number of rotatable bonds is 5. The molecule has 0 radical (unpaired) electrons. The molecule has 1 rings (SSSR count). The Bertz CT molecular complexity index is 469. The van der Waals surface area contributed by atoms with E-state index in [4.69, 9.17) is 10.4 Å². The summed E-state index contributed by atoms with van der Waals surface area (Å²) in [7, 11) is 0. The van der Waals surface area contributed by atoms with Crippen molar-refractivity contribution in [3.05, 3.63) is 16.6 Å². The van der Waals surface area contributed by atoms with Crippen molar-refractivity contribution < 1.29 is 9.90 Å². The lowest BCUT2D eigenvalue weighted by atomic mass is 10.2. The highest BCUT2D eigenvalue weighted by molar-refractivity contribution is 7.16. The van der Waals surface area contributed by atoms with Crippen LogP contribution in [0.2, 0.25) is 0 Å². The van der Waals surface area contributed by atoms with Crippen molar-refractivity contribution in [1.82, 2.24) is 4.98 Å². The number of nitriles is 1. The molecule has 0 bridgehead atoms. The third kappa shape index (κ3) is 3.29. The summed E-state index contributed by atoms with van der Waals surface area (Å²) >= 11 is 1.38. The maximum absolute atomic E-state index is 10.7. The molecule has 5 nitrogen and oxygen atoms in total. The van der Waals surface area contributed by atoms with Gasteiger partial charge in [-0.2, -0.15) is 5.26 Å². The first-order valence-electron chi connectivity index (χ1n) is 5.18. The number of carboxylic acids is 1. The van der Waals surface area contributed by atoms with Crippen LogP contribution in [0.4, 0.5) is 5.13 Å². The van der Waals surface area contributed by atoms with E-state index in [-0.39, 0.29) is 5.57 Å². The third-order valence-corrected chi connectivity index (χ3v) is 3.19. The van der Waals surface area contributed by atoms with Crippen LogP contribution in [0.1, 0.15) is 18.7 Å². The van der Waals surface area contributed by atoms with E-state index >= 15 is 0 Å². The summed E-state index contributed by atoms with van der Waals surface area (Å²) < 4.78 is 0. The molecule has 0 amide bonds. The average Bonchev–Trinajstić information content (AvgIpc) is 2.76. The summed E-state index contributed by atoms with van der Waals surface area (Å²) in [6.45, 7) is 5.74. The third-order valence-electron chi connectivity index (χ3n) is 2.18. The molecular formula is C11H13N3O2S. The van der Waals surface area contributed by atoms with Crippen LogP contribution in [0.25, 0.3) is 6.08 Å². The summed E-state index contributed by atoms with van der Waals surface area (Å²) in [5.74, 6) is -1.22. The van der Waals surface area contributed by atoms with E-state index in [1.54, 1.807) is 12.3 Å². The van der Waals surface area contributed by atoms with Crippen LogP contribution in [-0.4, -0.2) is 29.1 Å². The minimum atomic E-state index is -1.22. The highest BCUT2D eigenvalue weighted by atomic mass is 32.1. The van der Waals surface area contributed by atoms with Gasteiger partial charge in [0.05, 0.1) is 4.88 Å². The van der Waals surface area contributed by atoms with Crippen molar-refractivity contribution in [2.75, 3.05) is 18.0 Å². The van der Waals surface area contributed by atoms with E-state index in [2.05, 4.69) is 9.88 Å². The number of anilines is 1. The molecule has 0 spiro atoms. The maximum Gasteiger partial charge on any atom is 0.346 e. The number of carboxylic acid groups (broad SMARTS) is 1. The van der Waals surface area contributed by atoms with E-state index in [0.29, 0.717) is 4.88 Å². The van der Waals surface area contributed by atoms with E-state index in [1.807, 2.05) is 13.8 Å². The summed E-state index contributed by atoms with van der Waals surface area (Å²) in [5.41, 5.74) is -0.278. The van der Waals surface area contributed by atoms with Gasteiger partial charge in [0, 0.05) is 19.3 Å². The second kappa shape index (κ2) is 6.01. The van der Waals surface area contributed by atoms with E-state index in [9.17, 15) is 4.79 Å². The minimum absolute atomic E-state index is 0.278. The molecule has 0 saturated heterocycles. The van der Waals surface area contributed by atoms with Gasteiger partial charge in [0.25, 0.3) is 0 Å². The minimum Gasteiger partial charge on any atom is -0.477 e. The average molecular weight is 251 g/mol. The summed E-state index contributed by atoms with van der Waals surface area (Å²) in [5, 5.41) is 18.2. The molecule has 0 saturated carbocycles. The van der Waals surface area contributed by atoms with Crippen molar-refractivity contribution in [1.29, 1.82) is 5.26 Å². The first kappa shape index (κ1) is 13.2. The Labute approximate surface area is 104 Å². The van der Waals surface area contributed by atoms with Gasteiger partial charge in [-0.1, -0.05) is 11.3 Å². The van der Waals surface area contributed by atoms with Gasteiger partial charge in [0.15, 0.2) is 5.13 Å². The van der Waals surface area contributed by atoms with Gasteiger partial charge >= 0.3 is 5.97 Å². The predicted octanol–water partition coefficient (Wildman–Crippen LogP) is 1.98. The van der Waals surface area contributed by atoms with Crippen LogP contribution in [0.3, 0.4) is 0 Å². The fourth-order valence-corrected chi connectivity index (χ4v) is 2.25. The van der Waals surface area contributed by atoms with Gasteiger partial charge in [0.1, 0.15) is 11.6 Å². The van der Waals surface area contributed by atoms with E-state index in [1.165, 1.54) is 17.4 Å². The fourth-order valence-electron chi connectivity index (χ4n) is 1.27. The van der Waals surface area contributed by atoms with Gasteiger partial charge in [-0.15, -0.1) is 0 Å². The molecule has 0 fully saturated rings. The van der Waals surface area contributed by atoms with Gasteiger partial charge in [-0.25, -0.2) is 9.78 Å². The fraction of sp³-hybridized carbons (Fsp3) is 0.364. The smallest absolute Gasteiger partial charge is 0.346 e. The van der Waals surface area contributed by atoms with Gasteiger partial charge in [-0.3, -0.25) is 0 Å². The van der Waals surface area contributed by atoms with Gasteiger partial charge in [0.2, 0.25) is 0 Å². The molecule has 17 heavy (non-hydrogen) atoms. The molecular weight excluding hydrogens is 238 g/mol. The molecule has 0 aromatic carbocycles. The number of thiazole rings is 1. The quantitative estimate of drug-likeness (QED) is 0.639. The van der Waals surface area contributed by atoms with Crippen LogP contribution in [0, 0.1) is 11.3 Å². The zero-order chi connectivity index (χ0) is 12.8. The molecule has 0 atom stereocenters. The molecule has 6 heteroatoms. The Morgan fingerprint density at radius 2 is 2.29 bits per heavy atom. The van der Waals surface area contributed by atoms with Gasteiger partial charge in [-0.05, 0) is 19.9 Å². The standard InChI is InChI=1S/C11H13N3O2S/c1-3-14(4-2)11-13-7-9(17-11)5-8(6-12)10(15)16/h5,7H,3-4H2,1-2H3,(H,15,16)/b8-5+. The number of carbonyl (C=O) groups is 1. The SMILES string of the molecule is CCN(CC)c1ncc(/C=C(\C#N)C(=O)O)s1. The Balaban J connectivity index is 2.96. The van der Waals surface area contributed by atoms with Crippen molar-refractivity contribution in [3.8, 4) is 6.07 Å². The van der Waals surface area contributed by atoms with E-state index < -0.39 is 5.97 Å². The molecule has 0 aliphatic rings. The highest BCUT2D eigenvalue weighted by Crippen LogP contribution is 2.24. The Morgan fingerprint density at radius 3 is 2.76 bits per heavy atom. The molecule has 1 N–H and O–H groups in total. The molecule has 1 aromatic rings. The van der Waals surface area contributed by atoms with Crippen LogP contribution in [0.15, 0.2) is 11.8 Å². The van der Waals surface area contributed by atoms with Crippen LogP contribution in [0.5, 0.6) is 0 Å². The van der Waals surface area contributed by atoms with Crippen molar-refractivity contribution in [3.63, 3.8) is 0 Å².